The van der Waals surface area contributed by atoms with Crippen LogP contribution in [-0.2, 0) is 4.79 Å². The quantitative estimate of drug-likeness (QED) is 0.705. The summed E-state index contributed by atoms with van der Waals surface area (Å²) in [6, 6.07) is 7.95. The SMILES string of the molecule is C[C@@H](Cl)C(=O)N1CCSc2ccccc21. The minimum absolute atomic E-state index is 0.00980. The summed E-state index contributed by atoms with van der Waals surface area (Å²) in [7, 11) is 0. The minimum Gasteiger partial charge on any atom is -0.309 e. The van der Waals surface area contributed by atoms with Gasteiger partial charge in [0.1, 0.15) is 5.38 Å². The van der Waals surface area contributed by atoms with Crippen molar-refractivity contribution >= 4 is 35.0 Å². The van der Waals surface area contributed by atoms with Gasteiger partial charge >= 0.3 is 0 Å². The van der Waals surface area contributed by atoms with Crippen molar-refractivity contribution in [2.45, 2.75) is 17.2 Å². The molecule has 80 valence electrons. The lowest BCUT2D eigenvalue weighted by Gasteiger charge is -2.29. The van der Waals surface area contributed by atoms with Gasteiger partial charge in [0, 0.05) is 17.2 Å². The molecular weight excluding hydrogens is 230 g/mol. The van der Waals surface area contributed by atoms with E-state index in [9.17, 15) is 4.79 Å². The molecule has 1 aromatic carbocycles. The van der Waals surface area contributed by atoms with Gasteiger partial charge < -0.3 is 4.90 Å². The highest BCUT2D eigenvalue weighted by Gasteiger charge is 2.24. The summed E-state index contributed by atoms with van der Waals surface area (Å²) in [4.78, 5) is 14.8. The number of para-hydroxylation sites is 1. The van der Waals surface area contributed by atoms with Crippen LogP contribution in [0.5, 0.6) is 0 Å². The molecule has 1 aliphatic heterocycles. The lowest BCUT2D eigenvalue weighted by molar-refractivity contribution is -0.118. The molecule has 1 aliphatic rings. The summed E-state index contributed by atoms with van der Waals surface area (Å²) in [6.45, 7) is 2.46. The Labute approximate surface area is 98.6 Å². The van der Waals surface area contributed by atoms with Crippen molar-refractivity contribution in [2.24, 2.45) is 0 Å². The Bertz CT molecular complexity index is 381. The highest BCUT2D eigenvalue weighted by Crippen LogP contribution is 2.34. The van der Waals surface area contributed by atoms with E-state index < -0.39 is 5.38 Å². The first kappa shape index (κ1) is 10.8. The molecule has 0 N–H and O–H groups in total. The van der Waals surface area contributed by atoms with Crippen LogP contribution >= 0.6 is 23.4 Å². The van der Waals surface area contributed by atoms with Crippen LogP contribution in [0.1, 0.15) is 6.92 Å². The number of nitrogens with zero attached hydrogens (tertiary/aromatic N) is 1. The first-order valence-corrected chi connectivity index (χ1v) is 6.29. The van der Waals surface area contributed by atoms with Crippen LogP contribution in [0.25, 0.3) is 0 Å². The lowest BCUT2D eigenvalue weighted by Crippen LogP contribution is -2.39. The number of benzene rings is 1. The number of thioether (sulfide) groups is 1. The van der Waals surface area contributed by atoms with E-state index in [0.717, 1.165) is 22.9 Å². The molecule has 0 saturated carbocycles. The Morgan fingerprint density at radius 2 is 2.27 bits per heavy atom. The second-order valence-electron chi connectivity index (χ2n) is 3.42. The number of fused-ring (bicyclic) bond motifs is 1. The zero-order valence-corrected chi connectivity index (χ0v) is 10.0. The van der Waals surface area contributed by atoms with Gasteiger partial charge in [-0.25, -0.2) is 0 Å². The second kappa shape index (κ2) is 4.45. The smallest absolute Gasteiger partial charge is 0.244 e. The van der Waals surface area contributed by atoms with Gasteiger partial charge in [0.05, 0.1) is 5.69 Å². The van der Waals surface area contributed by atoms with E-state index in [-0.39, 0.29) is 5.91 Å². The summed E-state index contributed by atoms with van der Waals surface area (Å²) in [5, 5.41) is -0.457. The maximum Gasteiger partial charge on any atom is 0.244 e. The zero-order valence-electron chi connectivity index (χ0n) is 8.44. The van der Waals surface area contributed by atoms with E-state index >= 15 is 0 Å². The number of halogens is 1. The van der Waals surface area contributed by atoms with Crippen molar-refractivity contribution in [3.8, 4) is 0 Å². The molecule has 0 radical (unpaired) electrons. The van der Waals surface area contributed by atoms with E-state index in [0.29, 0.717) is 0 Å². The molecule has 0 bridgehead atoms. The van der Waals surface area contributed by atoms with Crippen LogP contribution in [0, 0.1) is 0 Å². The van der Waals surface area contributed by atoms with Gasteiger partial charge in [0.2, 0.25) is 5.91 Å². The number of alkyl halides is 1. The Morgan fingerprint density at radius 1 is 1.53 bits per heavy atom. The van der Waals surface area contributed by atoms with Gasteiger partial charge in [-0.3, -0.25) is 4.79 Å². The van der Waals surface area contributed by atoms with Crippen LogP contribution < -0.4 is 4.90 Å². The van der Waals surface area contributed by atoms with Crippen LogP contribution in [-0.4, -0.2) is 23.6 Å². The number of anilines is 1. The topological polar surface area (TPSA) is 20.3 Å². The standard InChI is InChI=1S/C11H12ClNOS/c1-8(12)11(14)13-6-7-15-10-5-3-2-4-9(10)13/h2-5,8H,6-7H2,1H3/t8-/m1/s1. The molecule has 15 heavy (non-hydrogen) atoms. The largest absolute Gasteiger partial charge is 0.309 e. The predicted molar refractivity (Wildman–Crippen MR) is 64.8 cm³/mol. The van der Waals surface area contributed by atoms with Crippen molar-refractivity contribution in [1.82, 2.24) is 0 Å². The predicted octanol–water partition coefficient (Wildman–Crippen LogP) is 2.75. The average Bonchev–Trinajstić information content (AvgIpc) is 2.27. The van der Waals surface area contributed by atoms with Crippen LogP contribution in [0.2, 0.25) is 0 Å². The molecule has 0 spiro atoms. The molecular formula is C11H12ClNOS. The number of hydrogen-bond donors (Lipinski definition) is 0. The van der Waals surface area contributed by atoms with Gasteiger partial charge in [-0.05, 0) is 19.1 Å². The third-order valence-corrected chi connectivity index (χ3v) is 3.56. The first-order chi connectivity index (χ1) is 7.20. The van der Waals surface area contributed by atoms with Crippen molar-refractivity contribution < 1.29 is 4.79 Å². The second-order valence-corrected chi connectivity index (χ2v) is 5.21. The highest BCUT2D eigenvalue weighted by molar-refractivity contribution is 7.99. The van der Waals surface area contributed by atoms with Gasteiger partial charge in [-0.2, -0.15) is 0 Å². The Morgan fingerprint density at radius 3 is 3.00 bits per heavy atom. The molecule has 1 heterocycles. The minimum atomic E-state index is -0.457. The lowest BCUT2D eigenvalue weighted by atomic mass is 10.2. The van der Waals surface area contributed by atoms with E-state index in [4.69, 9.17) is 11.6 Å². The number of amides is 1. The van der Waals surface area contributed by atoms with E-state index in [1.54, 1.807) is 23.6 Å². The maximum absolute atomic E-state index is 11.8. The van der Waals surface area contributed by atoms with Crippen molar-refractivity contribution in [3.63, 3.8) is 0 Å². The summed E-state index contributed by atoms with van der Waals surface area (Å²) in [6.07, 6.45) is 0. The van der Waals surface area contributed by atoms with Crippen molar-refractivity contribution in [2.75, 3.05) is 17.2 Å². The molecule has 4 heteroatoms. The number of carbonyl (C=O) groups is 1. The van der Waals surface area contributed by atoms with Gasteiger partial charge in [0.25, 0.3) is 0 Å². The monoisotopic (exact) mass is 241 g/mol. The zero-order chi connectivity index (χ0) is 10.8. The summed E-state index contributed by atoms with van der Waals surface area (Å²) >= 11 is 7.61. The van der Waals surface area contributed by atoms with E-state index in [2.05, 4.69) is 0 Å². The fraction of sp³-hybridized carbons (Fsp3) is 0.364. The molecule has 0 fully saturated rings. The van der Waals surface area contributed by atoms with Crippen LogP contribution in [0.3, 0.4) is 0 Å². The molecule has 0 aliphatic carbocycles. The first-order valence-electron chi connectivity index (χ1n) is 4.87. The van der Waals surface area contributed by atoms with Gasteiger partial charge in [-0.1, -0.05) is 12.1 Å². The molecule has 0 unspecified atom stereocenters. The Balaban J connectivity index is 2.34. The fourth-order valence-corrected chi connectivity index (χ4v) is 2.73. The highest BCUT2D eigenvalue weighted by atomic mass is 35.5. The molecule has 0 aromatic heterocycles. The summed E-state index contributed by atoms with van der Waals surface area (Å²) < 4.78 is 0. The molecule has 2 rings (SSSR count). The van der Waals surface area contributed by atoms with Gasteiger partial charge in [0.15, 0.2) is 0 Å². The molecule has 1 aromatic rings. The van der Waals surface area contributed by atoms with E-state index in [1.807, 2.05) is 24.3 Å². The fourth-order valence-electron chi connectivity index (χ4n) is 1.61. The molecule has 2 nitrogen and oxygen atoms in total. The molecule has 1 amide bonds. The molecule has 1 atom stereocenters. The number of carbonyl (C=O) groups excluding carboxylic acids is 1. The van der Waals surface area contributed by atoms with Crippen LogP contribution in [0.4, 0.5) is 5.69 Å². The Kier molecular flexibility index (Phi) is 3.22. The third kappa shape index (κ3) is 2.13. The average molecular weight is 242 g/mol. The number of rotatable bonds is 1. The van der Waals surface area contributed by atoms with Crippen molar-refractivity contribution in [3.05, 3.63) is 24.3 Å². The van der Waals surface area contributed by atoms with Crippen molar-refractivity contribution in [1.29, 1.82) is 0 Å². The normalized spacial score (nSPS) is 17.1. The van der Waals surface area contributed by atoms with E-state index in [1.165, 1.54) is 0 Å². The van der Waals surface area contributed by atoms with Crippen LogP contribution in [0.15, 0.2) is 29.2 Å². The third-order valence-electron chi connectivity index (χ3n) is 2.33. The number of hydrogen-bond acceptors (Lipinski definition) is 2. The van der Waals surface area contributed by atoms with Gasteiger partial charge in [-0.15, -0.1) is 23.4 Å². The summed E-state index contributed by atoms with van der Waals surface area (Å²) in [5.74, 6) is 0.927. The Hall–Kier alpha value is -0.670. The summed E-state index contributed by atoms with van der Waals surface area (Å²) in [5.41, 5.74) is 0.992. The molecule has 0 saturated heterocycles. The maximum atomic E-state index is 11.8.